The van der Waals surface area contributed by atoms with Gasteiger partial charge in [0.05, 0.1) is 0 Å². The van der Waals surface area contributed by atoms with Crippen molar-refractivity contribution in [2.45, 2.75) is 19.8 Å². The van der Waals surface area contributed by atoms with Crippen LogP contribution in [-0.4, -0.2) is 5.78 Å². The van der Waals surface area contributed by atoms with Crippen LogP contribution in [0.2, 0.25) is 0 Å². The maximum Gasteiger partial charge on any atom is 0.163 e. The fourth-order valence-electron chi connectivity index (χ4n) is 1.98. The minimum Gasteiger partial charge on any atom is -0.399 e. The molecule has 0 atom stereocenters. The molecule has 0 saturated carbocycles. The second kappa shape index (κ2) is 5.50. The molecule has 2 nitrogen and oxygen atoms in total. The molecule has 0 radical (unpaired) electrons. The summed E-state index contributed by atoms with van der Waals surface area (Å²) >= 11 is 0. The molecule has 92 valence electrons. The van der Waals surface area contributed by atoms with E-state index in [1.54, 1.807) is 12.1 Å². The molecule has 0 aliphatic carbocycles. The lowest BCUT2D eigenvalue weighted by atomic mass is 10.0. The van der Waals surface area contributed by atoms with Gasteiger partial charge in [-0.2, -0.15) is 0 Å². The van der Waals surface area contributed by atoms with Gasteiger partial charge in [0.15, 0.2) is 5.78 Å². The number of nitrogens with two attached hydrogens (primary N) is 1. The van der Waals surface area contributed by atoms with E-state index in [-0.39, 0.29) is 5.78 Å². The second-order valence-corrected chi connectivity index (χ2v) is 4.54. The maximum atomic E-state index is 12.0. The fraction of sp³-hybridized carbons (Fsp3) is 0.188. The van der Waals surface area contributed by atoms with Crippen LogP contribution in [0.1, 0.15) is 27.9 Å². The van der Waals surface area contributed by atoms with Crippen molar-refractivity contribution in [3.05, 3.63) is 65.2 Å². The van der Waals surface area contributed by atoms with E-state index in [1.807, 2.05) is 18.2 Å². The summed E-state index contributed by atoms with van der Waals surface area (Å²) in [6.07, 6.45) is 1.29. The molecule has 0 fully saturated rings. The minimum atomic E-state index is 0.142. The lowest BCUT2D eigenvalue weighted by molar-refractivity contribution is 0.0983. The molecular weight excluding hydrogens is 222 g/mol. The van der Waals surface area contributed by atoms with Gasteiger partial charge in [-0.3, -0.25) is 4.79 Å². The number of rotatable bonds is 4. The number of Topliss-reactive ketones (excluding diaryl/α,β-unsaturated/α-hetero) is 1. The molecule has 2 aromatic carbocycles. The van der Waals surface area contributed by atoms with E-state index in [9.17, 15) is 4.79 Å². The normalized spacial score (nSPS) is 10.3. The molecule has 0 unspecified atom stereocenters. The maximum absolute atomic E-state index is 12.0. The Morgan fingerprint density at radius 1 is 1.11 bits per heavy atom. The summed E-state index contributed by atoms with van der Waals surface area (Å²) in [5.74, 6) is 0.142. The Bertz CT molecular complexity index is 561. The molecule has 0 heterocycles. The quantitative estimate of drug-likeness (QED) is 0.656. The Morgan fingerprint density at radius 2 is 1.89 bits per heavy atom. The monoisotopic (exact) mass is 239 g/mol. The molecule has 2 aromatic rings. The predicted molar refractivity (Wildman–Crippen MR) is 74.7 cm³/mol. The fourth-order valence-corrected chi connectivity index (χ4v) is 1.98. The van der Waals surface area contributed by atoms with Crippen molar-refractivity contribution in [1.82, 2.24) is 0 Å². The van der Waals surface area contributed by atoms with Crippen molar-refractivity contribution in [1.29, 1.82) is 0 Å². The highest BCUT2D eigenvalue weighted by Gasteiger charge is 2.06. The SMILES string of the molecule is Cc1cccc(CCC(=O)c2cccc(N)c2)c1. The average Bonchev–Trinajstić information content (AvgIpc) is 2.36. The zero-order valence-corrected chi connectivity index (χ0v) is 10.5. The van der Waals surface area contributed by atoms with E-state index in [1.165, 1.54) is 11.1 Å². The number of carbonyl (C=O) groups is 1. The molecule has 2 N–H and O–H groups in total. The van der Waals surface area contributed by atoms with Crippen LogP contribution in [0, 0.1) is 6.92 Å². The van der Waals surface area contributed by atoms with Crippen LogP contribution in [0.4, 0.5) is 5.69 Å². The van der Waals surface area contributed by atoms with Crippen molar-refractivity contribution in [3.63, 3.8) is 0 Å². The van der Waals surface area contributed by atoms with E-state index in [0.29, 0.717) is 17.7 Å². The zero-order valence-electron chi connectivity index (χ0n) is 10.5. The Morgan fingerprint density at radius 3 is 2.61 bits per heavy atom. The molecule has 2 heteroatoms. The number of hydrogen-bond acceptors (Lipinski definition) is 2. The largest absolute Gasteiger partial charge is 0.399 e. The summed E-state index contributed by atoms with van der Waals surface area (Å²) in [4.78, 5) is 12.0. The molecule has 0 saturated heterocycles. The topological polar surface area (TPSA) is 43.1 Å². The van der Waals surface area contributed by atoms with E-state index < -0.39 is 0 Å². The lowest BCUT2D eigenvalue weighted by Crippen LogP contribution is -2.02. The number of ketones is 1. The Balaban J connectivity index is 2.00. The lowest BCUT2D eigenvalue weighted by Gasteiger charge is -2.03. The van der Waals surface area contributed by atoms with Gasteiger partial charge in [-0.25, -0.2) is 0 Å². The number of benzene rings is 2. The van der Waals surface area contributed by atoms with Gasteiger partial charge in [0.1, 0.15) is 0 Å². The van der Waals surface area contributed by atoms with Crippen LogP contribution in [0.3, 0.4) is 0 Å². The number of anilines is 1. The molecule has 18 heavy (non-hydrogen) atoms. The van der Waals surface area contributed by atoms with Gasteiger partial charge >= 0.3 is 0 Å². The van der Waals surface area contributed by atoms with Gasteiger partial charge in [0.25, 0.3) is 0 Å². The third kappa shape index (κ3) is 3.20. The molecule has 0 bridgehead atoms. The molecule has 0 aromatic heterocycles. The van der Waals surface area contributed by atoms with Crippen molar-refractivity contribution < 1.29 is 4.79 Å². The van der Waals surface area contributed by atoms with Crippen LogP contribution >= 0.6 is 0 Å². The number of nitrogen functional groups attached to an aromatic ring is 1. The second-order valence-electron chi connectivity index (χ2n) is 4.54. The van der Waals surface area contributed by atoms with E-state index in [4.69, 9.17) is 5.73 Å². The van der Waals surface area contributed by atoms with Crippen LogP contribution in [-0.2, 0) is 6.42 Å². The smallest absolute Gasteiger partial charge is 0.163 e. The summed E-state index contributed by atoms with van der Waals surface area (Å²) in [6, 6.07) is 15.4. The Kier molecular flexibility index (Phi) is 3.78. The Hall–Kier alpha value is -2.09. The van der Waals surface area contributed by atoms with Gasteiger partial charge in [0.2, 0.25) is 0 Å². The zero-order chi connectivity index (χ0) is 13.0. The first-order valence-electron chi connectivity index (χ1n) is 6.09. The molecular formula is C16H17NO. The summed E-state index contributed by atoms with van der Waals surface area (Å²) in [6.45, 7) is 2.06. The first-order chi connectivity index (χ1) is 8.65. The van der Waals surface area contributed by atoms with Gasteiger partial charge < -0.3 is 5.73 Å². The number of hydrogen-bond donors (Lipinski definition) is 1. The third-order valence-corrected chi connectivity index (χ3v) is 2.93. The first kappa shape index (κ1) is 12.4. The van der Waals surface area contributed by atoms with Crippen LogP contribution in [0.15, 0.2) is 48.5 Å². The molecule has 0 aliphatic heterocycles. The van der Waals surface area contributed by atoms with Crippen molar-refractivity contribution >= 4 is 11.5 Å². The third-order valence-electron chi connectivity index (χ3n) is 2.93. The van der Waals surface area contributed by atoms with Crippen LogP contribution in [0.5, 0.6) is 0 Å². The van der Waals surface area contributed by atoms with E-state index in [2.05, 4.69) is 25.1 Å². The van der Waals surface area contributed by atoms with Crippen LogP contribution in [0.25, 0.3) is 0 Å². The first-order valence-corrected chi connectivity index (χ1v) is 6.09. The summed E-state index contributed by atoms with van der Waals surface area (Å²) in [7, 11) is 0. The minimum absolute atomic E-state index is 0.142. The standard InChI is InChI=1S/C16H17NO/c1-12-4-2-5-13(10-12)8-9-16(18)14-6-3-7-15(17)11-14/h2-7,10-11H,8-9,17H2,1H3. The van der Waals surface area contributed by atoms with Crippen molar-refractivity contribution in [3.8, 4) is 0 Å². The summed E-state index contributed by atoms with van der Waals surface area (Å²) < 4.78 is 0. The van der Waals surface area contributed by atoms with Crippen molar-refractivity contribution in [2.75, 3.05) is 5.73 Å². The van der Waals surface area contributed by atoms with Gasteiger partial charge in [-0.1, -0.05) is 42.0 Å². The predicted octanol–water partition coefficient (Wildman–Crippen LogP) is 3.39. The highest BCUT2D eigenvalue weighted by atomic mass is 16.1. The van der Waals surface area contributed by atoms with Gasteiger partial charge in [-0.05, 0) is 31.0 Å². The van der Waals surface area contributed by atoms with E-state index in [0.717, 1.165) is 6.42 Å². The Labute approximate surface area is 107 Å². The molecule has 0 amide bonds. The van der Waals surface area contributed by atoms with Gasteiger partial charge in [0, 0.05) is 17.7 Å². The summed E-state index contributed by atoms with van der Waals surface area (Å²) in [5.41, 5.74) is 9.43. The van der Waals surface area contributed by atoms with Gasteiger partial charge in [-0.15, -0.1) is 0 Å². The molecule has 2 rings (SSSR count). The van der Waals surface area contributed by atoms with Crippen LogP contribution < -0.4 is 5.73 Å². The highest BCUT2D eigenvalue weighted by Crippen LogP contribution is 2.12. The highest BCUT2D eigenvalue weighted by molar-refractivity contribution is 5.96. The molecule has 0 spiro atoms. The number of aryl methyl sites for hydroxylation is 2. The number of carbonyl (C=O) groups excluding carboxylic acids is 1. The summed E-state index contributed by atoms with van der Waals surface area (Å²) in [5, 5.41) is 0. The molecule has 0 aliphatic rings. The van der Waals surface area contributed by atoms with Crippen molar-refractivity contribution in [2.24, 2.45) is 0 Å². The van der Waals surface area contributed by atoms with E-state index >= 15 is 0 Å². The average molecular weight is 239 g/mol.